The molecule has 0 spiro atoms. The van der Waals surface area contributed by atoms with Crippen molar-refractivity contribution in [2.24, 2.45) is 5.10 Å². The van der Waals surface area contributed by atoms with Crippen LogP contribution < -0.4 is 20.2 Å². The van der Waals surface area contributed by atoms with Crippen LogP contribution in [0.2, 0.25) is 0 Å². The molecule has 1 aliphatic heterocycles. The fraction of sp³-hybridized carbons (Fsp3) is 0.385. The van der Waals surface area contributed by atoms with Gasteiger partial charge in [0.1, 0.15) is 13.2 Å². The number of hydrazone groups is 1. The van der Waals surface area contributed by atoms with Gasteiger partial charge in [-0.15, -0.1) is 0 Å². The number of fused-ring (bicyclic) bond motifs is 1. The molecule has 1 heterocycles. The van der Waals surface area contributed by atoms with E-state index in [0.29, 0.717) is 18.3 Å². The summed E-state index contributed by atoms with van der Waals surface area (Å²) in [5.74, 6) is 1.52. The normalized spacial score (nSPS) is 13.6. The predicted molar refractivity (Wildman–Crippen MR) is 79.0 cm³/mol. The molecule has 6 heteroatoms. The van der Waals surface area contributed by atoms with Gasteiger partial charge in [0.2, 0.25) is 0 Å². The zero-order valence-corrected chi connectivity index (χ0v) is 11.8. The molecular formula is C13H17N3O2S. The molecule has 0 radical (unpaired) electrons. The molecule has 1 aliphatic rings. The van der Waals surface area contributed by atoms with Crippen molar-refractivity contribution in [2.75, 3.05) is 13.2 Å². The van der Waals surface area contributed by atoms with Crippen LogP contribution in [-0.2, 0) is 0 Å². The summed E-state index contributed by atoms with van der Waals surface area (Å²) in [5.41, 5.74) is 3.68. The van der Waals surface area contributed by atoms with E-state index in [1.54, 1.807) is 6.21 Å². The maximum absolute atomic E-state index is 5.50. The number of nitrogens with zero attached hydrogens (tertiary/aromatic N) is 1. The number of benzene rings is 1. The topological polar surface area (TPSA) is 54.9 Å². The number of nitrogens with one attached hydrogen (secondary N) is 2. The average molecular weight is 279 g/mol. The molecule has 2 N–H and O–H groups in total. The molecule has 2 rings (SSSR count). The third-order valence-electron chi connectivity index (χ3n) is 2.37. The minimum absolute atomic E-state index is 0.282. The second-order valence-corrected chi connectivity index (χ2v) is 4.81. The lowest BCUT2D eigenvalue weighted by Crippen LogP contribution is -2.36. The first-order valence-electron chi connectivity index (χ1n) is 6.14. The van der Waals surface area contributed by atoms with Gasteiger partial charge in [-0.25, -0.2) is 0 Å². The minimum atomic E-state index is 0.282. The van der Waals surface area contributed by atoms with Gasteiger partial charge in [0.25, 0.3) is 0 Å². The Balaban J connectivity index is 1.94. The Bertz CT molecular complexity index is 489. The van der Waals surface area contributed by atoms with Gasteiger partial charge >= 0.3 is 0 Å². The first kappa shape index (κ1) is 13.6. The molecule has 19 heavy (non-hydrogen) atoms. The molecule has 0 fully saturated rings. The highest BCUT2D eigenvalue weighted by Gasteiger charge is 2.10. The summed E-state index contributed by atoms with van der Waals surface area (Å²) in [6.07, 6.45) is 1.69. The van der Waals surface area contributed by atoms with E-state index in [-0.39, 0.29) is 6.04 Å². The quantitative estimate of drug-likeness (QED) is 0.501. The van der Waals surface area contributed by atoms with Gasteiger partial charge in [-0.3, -0.25) is 5.43 Å². The van der Waals surface area contributed by atoms with Crippen LogP contribution in [0.15, 0.2) is 23.3 Å². The van der Waals surface area contributed by atoms with Crippen molar-refractivity contribution in [1.29, 1.82) is 0 Å². The largest absolute Gasteiger partial charge is 0.486 e. The number of rotatable bonds is 3. The van der Waals surface area contributed by atoms with Gasteiger partial charge < -0.3 is 14.8 Å². The summed E-state index contributed by atoms with van der Waals surface area (Å²) in [6, 6.07) is 5.96. The van der Waals surface area contributed by atoms with E-state index in [1.807, 2.05) is 32.0 Å². The lowest BCUT2D eigenvalue weighted by atomic mass is 10.2. The Labute approximate surface area is 118 Å². The molecule has 0 saturated heterocycles. The molecule has 0 saturated carbocycles. The zero-order chi connectivity index (χ0) is 13.7. The lowest BCUT2D eigenvalue weighted by molar-refractivity contribution is 0.171. The Morgan fingerprint density at radius 3 is 2.79 bits per heavy atom. The highest BCUT2D eigenvalue weighted by Crippen LogP contribution is 2.30. The van der Waals surface area contributed by atoms with E-state index in [4.69, 9.17) is 21.7 Å². The zero-order valence-electron chi connectivity index (χ0n) is 11.0. The van der Waals surface area contributed by atoms with E-state index >= 15 is 0 Å². The van der Waals surface area contributed by atoms with Gasteiger partial charge in [0.05, 0.1) is 6.21 Å². The van der Waals surface area contributed by atoms with Gasteiger partial charge in [0, 0.05) is 6.04 Å². The highest BCUT2D eigenvalue weighted by molar-refractivity contribution is 7.80. The fourth-order valence-electron chi connectivity index (χ4n) is 1.60. The SMILES string of the molecule is CC(C)NC(=S)NN=Cc1ccc2c(c1)OCCO2. The Morgan fingerprint density at radius 2 is 2.05 bits per heavy atom. The third kappa shape index (κ3) is 4.10. The summed E-state index contributed by atoms with van der Waals surface area (Å²) in [6.45, 7) is 5.20. The van der Waals surface area contributed by atoms with Crippen molar-refractivity contribution in [3.63, 3.8) is 0 Å². The number of ether oxygens (including phenoxy) is 2. The summed E-state index contributed by atoms with van der Waals surface area (Å²) < 4.78 is 10.9. The molecular weight excluding hydrogens is 262 g/mol. The fourth-order valence-corrected chi connectivity index (χ4v) is 1.89. The number of thiocarbonyl (C=S) groups is 1. The first-order chi connectivity index (χ1) is 9.15. The van der Waals surface area contributed by atoms with Crippen LogP contribution in [0.3, 0.4) is 0 Å². The second-order valence-electron chi connectivity index (χ2n) is 4.40. The van der Waals surface area contributed by atoms with E-state index < -0.39 is 0 Å². The van der Waals surface area contributed by atoms with Crippen LogP contribution in [0.25, 0.3) is 0 Å². The van der Waals surface area contributed by atoms with Crippen LogP contribution in [0.1, 0.15) is 19.4 Å². The third-order valence-corrected chi connectivity index (χ3v) is 2.57. The summed E-state index contributed by atoms with van der Waals surface area (Å²) in [5, 5.41) is 7.61. The van der Waals surface area contributed by atoms with Crippen LogP contribution in [-0.4, -0.2) is 30.6 Å². The molecule has 0 aromatic heterocycles. The average Bonchev–Trinajstić information content (AvgIpc) is 2.37. The van der Waals surface area contributed by atoms with E-state index in [1.165, 1.54) is 0 Å². The smallest absolute Gasteiger partial charge is 0.187 e. The molecule has 0 atom stereocenters. The van der Waals surface area contributed by atoms with Gasteiger partial charge in [0.15, 0.2) is 16.6 Å². The first-order valence-corrected chi connectivity index (χ1v) is 6.55. The maximum atomic E-state index is 5.50. The molecule has 102 valence electrons. The monoisotopic (exact) mass is 279 g/mol. The van der Waals surface area contributed by atoms with Crippen LogP contribution >= 0.6 is 12.2 Å². The lowest BCUT2D eigenvalue weighted by Gasteiger charge is -2.18. The number of hydrogen-bond donors (Lipinski definition) is 2. The van der Waals surface area contributed by atoms with Crippen molar-refractivity contribution < 1.29 is 9.47 Å². The van der Waals surface area contributed by atoms with Gasteiger partial charge in [-0.1, -0.05) is 0 Å². The number of hydrogen-bond acceptors (Lipinski definition) is 4. The van der Waals surface area contributed by atoms with Gasteiger partial charge in [-0.05, 0) is 49.8 Å². The van der Waals surface area contributed by atoms with Crippen LogP contribution in [0.5, 0.6) is 11.5 Å². The van der Waals surface area contributed by atoms with Crippen molar-refractivity contribution >= 4 is 23.5 Å². The Morgan fingerprint density at radius 1 is 1.32 bits per heavy atom. The van der Waals surface area contributed by atoms with E-state index in [0.717, 1.165) is 17.1 Å². The molecule has 1 aromatic carbocycles. The predicted octanol–water partition coefficient (Wildman–Crippen LogP) is 1.66. The summed E-state index contributed by atoms with van der Waals surface area (Å²) >= 11 is 5.06. The van der Waals surface area contributed by atoms with Crippen molar-refractivity contribution in [2.45, 2.75) is 19.9 Å². The van der Waals surface area contributed by atoms with Crippen LogP contribution in [0, 0.1) is 0 Å². The molecule has 0 bridgehead atoms. The maximum Gasteiger partial charge on any atom is 0.187 e. The molecule has 1 aromatic rings. The van der Waals surface area contributed by atoms with Gasteiger partial charge in [-0.2, -0.15) is 5.10 Å². The van der Waals surface area contributed by atoms with E-state index in [9.17, 15) is 0 Å². The van der Waals surface area contributed by atoms with Crippen molar-refractivity contribution in [3.8, 4) is 11.5 Å². The van der Waals surface area contributed by atoms with E-state index in [2.05, 4.69) is 15.8 Å². The van der Waals surface area contributed by atoms with Crippen LogP contribution in [0.4, 0.5) is 0 Å². The molecule has 5 nitrogen and oxygen atoms in total. The Hall–Kier alpha value is -1.82. The standard InChI is InChI=1S/C13H17N3O2S/c1-9(2)15-13(19)16-14-8-10-3-4-11-12(7-10)18-6-5-17-11/h3-4,7-9H,5-6H2,1-2H3,(H2,15,16,19). The highest BCUT2D eigenvalue weighted by atomic mass is 32.1. The Kier molecular flexibility index (Phi) is 4.57. The summed E-state index contributed by atoms with van der Waals surface area (Å²) in [4.78, 5) is 0. The molecule has 0 unspecified atom stereocenters. The molecule has 0 aliphatic carbocycles. The molecule has 0 amide bonds. The second kappa shape index (κ2) is 6.38. The van der Waals surface area contributed by atoms with Crippen molar-refractivity contribution in [1.82, 2.24) is 10.7 Å². The minimum Gasteiger partial charge on any atom is -0.486 e. The summed E-state index contributed by atoms with van der Waals surface area (Å²) in [7, 11) is 0. The van der Waals surface area contributed by atoms with Crippen molar-refractivity contribution in [3.05, 3.63) is 23.8 Å².